The van der Waals surface area contributed by atoms with Gasteiger partial charge < -0.3 is 20.1 Å². The molecule has 2 N–H and O–H groups in total. The zero-order valence-electron chi connectivity index (χ0n) is 18.7. The van der Waals surface area contributed by atoms with Gasteiger partial charge >= 0.3 is 6.36 Å². The Kier molecular flexibility index (Phi) is 4.75. The highest BCUT2D eigenvalue weighted by atomic mass is 19.4. The predicted octanol–water partition coefficient (Wildman–Crippen LogP) is 3.87. The van der Waals surface area contributed by atoms with Gasteiger partial charge in [0.1, 0.15) is 17.6 Å². The number of amides is 1. The van der Waals surface area contributed by atoms with Gasteiger partial charge in [0.25, 0.3) is 5.91 Å². The second-order valence-corrected chi connectivity index (χ2v) is 8.70. The molecule has 4 aromatic rings. The van der Waals surface area contributed by atoms with E-state index >= 15 is 0 Å². The smallest absolute Gasteiger partial charge is 0.484 e. The van der Waals surface area contributed by atoms with Crippen molar-refractivity contribution in [3.8, 4) is 11.5 Å². The summed E-state index contributed by atoms with van der Waals surface area (Å²) < 4.78 is 63.9. The van der Waals surface area contributed by atoms with Crippen molar-refractivity contribution in [1.82, 2.24) is 24.6 Å². The number of carbonyl (C=O) groups is 1. The summed E-state index contributed by atoms with van der Waals surface area (Å²) in [7, 11) is 1.75. The van der Waals surface area contributed by atoms with E-state index < -0.39 is 36.0 Å². The molecule has 0 bridgehead atoms. The number of hydrogen-bond acceptors (Lipinski definition) is 7. The lowest BCUT2D eigenvalue weighted by Gasteiger charge is -2.36. The molecule has 9 nitrogen and oxygen atoms in total. The Balaban J connectivity index is 1.40. The van der Waals surface area contributed by atoms with Crippen molar-refractivity contribution < 1.29 is 31.8 Å². The molecule has 2 atom stereocenters. The molecular weight excluding hydrogens is 484 g/mol. The number of benzene rings is 1. The Morgan fingerprint density at radius 1 is 1.25 bits per heavy atom. The predicted molar refractivity (Wildman–Crippen MR) is 119 cm³/mol. The van der Waals surface area contributed by atoms with Crippen LogP contribution < -0.4 is 15.2 Å². The molecule has 0 aliphatic carbocycles. The van der Waals surface area contributed by atoms with Crippen molar-refractivity contribution in [1.29, 1.82) is 0 Å². The number of likely N-dealkylation sites (tertiary alicyclic amines) is 1. The largest absolute Gasteiger partial charge is 0.573 e. The van der Waals surface area contributed by atoms with Crippen LogP contribution in [0.1, 0.15) is 34.9 Å². The number of pyridine rings is 2. The summed E-state index contributed by atoms with van der Waals surface area (Å²) in [5.74, 6) is -2.71. The van der Waals surface area contributed by atoms with Crippen LogP contribution in [0.3, 0.4) is 0 Å². The minimum atomic E-state index is -5.05. The Morgan fingerprint density at radius 3 is 2.83 bits per heavy atom. The number of carbonyl (C=O) groups excluding carboxylic acids is 1. The second kappa shape index (κ2) is 7.67. The molecule has 0 spiro atoms. The molecule has 1 amide bonds. The molecule has 36 heavy (non-hydrogen) atoms. The zero-order valence-corrected chi connectivity index (χ0v) is 18.7. The van der Waals surface area contributed by atoms with Crippen LogP contribution in [0.5, 0.6) is 11.5 Å². The van der Waals surface area contributed by atoms with E-state index in [1.54, 1.807) is 24.0 Å². The monoisotopic (exact) mass is 502 g/mol. The van der Waals surface area contributed by atoms with E-state index in [1.165, 1.54) is 17.2 Å². The summed E-state index contributed by atoms with van der Waals surface area (Å²) in [5, 5.41) is 5.50. The summed E-state index contributed by atoms with van der Waals surface area (Å²) in [4.78, 5) is 23.8. The third kappa shape index (κ3) is 3.37. The molecule has 0 saturated carbocycles. The van der Waals surface area contributed by atoms with Crippen LogP contribution in [0, 0.1) is 5.82 Å². The minimum absolute atomic E-state index is 0.128. The van der Waals surface area contributed by atoms with Crippen LogP contribution >= 0.6 is 0 Å². The number of nitrogens with zero attached hydrogens (tertiary/aromatic N) is 5. The van der Waals surface area contributed by atoms with Gasteiger partial charge in [-0.15, -0.1) is 13.2 Å². The third-order valence-corrected chi connectivity index (χ3v) is 6.55. The van der Waals surface area contributed by atoms with Crippen LogP contribution in [-0.2, 0) is 7.05 Å². The fourth-order valence-corrected chi connectivity index (χ4v) is 5.07. The Bertz CT molecular complexity index is 1550. The lowest BCUT2D eigenvalue weighted by atomic mass is 9.94. The maximum Gasteiger partial charge on any atom is 0.573 e. The van der Waals surface area contributed by atoms with E-state index in [2.05, 4.69) is 19.8 Å². The average Bonchev–Trinajstić information content (AvgIpc) is 3.41. The van der Waals surface area contributed by atoms with Gasteiger partial charge in [0.05, 0.1) is 34.9 Å². The van der Waals surface area contributed by atoms with Crippen molar-refractivity contribution in [2.45, 2.75) is 31.3 Å². The average molecular weight is 502 g/mol. The molecule has 2 aliphatic heterocycles. The third-order valence-electron chi connectivity index (χ3n) is 6.55. The first-order valence-electron chi connectivity index (χ1n) is 11.0. The number of aromatic nitrogens is 4. The summed E-state index contributed by atoms with van der Waals surface area (Å²) in [6, 6.07) is 3.12. The number of anilines is 1. The molecule has 0 unspecified atom stereocenters. The van der Waals surface area contributed by atoms with Gasteiger partial charge in [0.15, 0.2) is 11.5 Å². The number of rotatable bonds is 2. The van der Waals surface area contributed by atoms with Crippen LogP contribution in [0.2, 0.25) is 0 Å². The first-order valence-corrected chi connectivity index (χ1v) is 11.0. The number of ether oxygens (including phenoxy) is 2. The number of hydrogen-bond donors (Lipinski definition) is 1. The van der Waals surface area contributed by atoms with E-state index in [9.17, 15) is 22.4 Å². The van der Waals surface area contributed by atoms with Crippen LogP contribution in [0.4, 0.5) is 23.4 Å². The Labute approximate surface area is 200 Å². The lowest BCUT2D eigenvalue weighted by molar-refractivity contribution is -0.275. The van der Waals surface area contributed by atoms with E-state index in [4.69, 9.17) is 10.5 Å². The first kappa shape index (κ1) is 22.3. The normalized spacial score (nSPS) is 19.3. The molecule has 1 aromatic carbocycles. The fourth-order valence-electron chi connectivity index (χ4n) is 5.07. The van der Waals surface area contributed by atoms with E-state index in [0.717, 1.165) is 6.07 Å². The molecule has 0 radical (unpaired) electrons. The number of nitrogen functional groups attached to an aromatic ring is 1. The number of nitrogens with two attached hydrogens (primary N) is 1. The van der Waals surface area contributed by atoms with Crippen molar-refractivity contribution in [3.63, 3.8) is 0 Å². The van der Waals surface area contributed by atoms with Gasteiger partial charge in [-0.1, -0.05) is 0 Å². The quantitative estimate of drug-likeness (QED) is 0.415. The summed E-state index contributed by atoms with van der Waals surface area (Å²) in [6.07, 6.45) is -1.56. The summed E-state index contributed by atoms with van der Waals surface area (Å²) in [5.41, 5.74) is 7.62. The second-order valence-electron chi connectivity index (χ2n) is 8.70. The number of aryl methyl sites for hydroxylation is 1. The number of piperidine rings is 1. The highest BCUT2D eigenvalue weighted by molar-refractivity contribution is 6.09. The molecule has 6 rings (SSSR count). The van der Waals surface area contributed by atoms with Gasteiger partial charge in [0, 0.05) is 24.5 Å². The van der Waals surface area contributed by atoms with Crippen LogP contribution in [0.25, 0.3) is 21.8 Å². The summed E-state index contributed by atoms with van der Waals surface area (Å²) in [6.45, 7) is 0.339. The molecule has 3 aromatic heterocycles. The minimum Gasteiger partial charge on any atom is -0.484 e. The topological polar surface area (TPSA) is 108 Å². The van der Waals surface area contributed by atoms with Gasteiger partial charge in [-0.2, -0.15) is 9.49 Å². The first-order chi connectivity index (χ1) is 17.1. The van der Waals surface area contributed by atoms with Crippen molar-refractivity contribution in [2.24, 2.45) is 7.05 Å². The van der Waals surface area contributed by atoms with Gasteiger partial charge in [-0.3, -0.25) is 9.48 Å². The number of alkyl halides is 3. The maximum absolute atomic E-state index is 14.9. The standard InChI is InChI=1S/C23H18F4N6O3/c1-32-18-11-7-13(29-9-14(11)31-21(28)12(18)8-30-32)22(34)33-6-2-3-16-19(33)10-4-5-15(36-23(25,26)27)17(24)20(10)35-16/h4-5,7-9,16,19H,2-3,6H2,1H3,(H2,28,31)/t16-,19-/m0/s1. The Hall–Kier alpha value is -4.16. The molecule has 186 valence electrons. The van der Waals surface area contributed by atoms with E-state index in [-0.39, 0.29) is 17.0 Å². The van der Waals surface area contributed by atoms with E-state index in [1.807, 2.05) is 0 Å². The highest BCUT2D eigenvalue weighted by Gasteiger charge is 2.46. The molecule has 1 fully saturated rings. The summed E-state index contributed by atoms with van der Waals surface area (Å²) >= 11 is 0. The molecule has 1 saturated heterocycles. The lowest BCUT2D eigenvalue weighted by Crippen LogP contribution is -2.44. The molecule has 5 heterocycles. The Morgan fingerprint density at radius 2 is 2.06 bits per heavy atom. The fraction of sp³-hybridized carbons (Fsp3) is 0.304. The van der Waals surface area contributed by atoms with Crippen LogP contribution in [0.15, 0.2) is 30.6 Å². The molecule has 13 heteroatoms. The highest BCUT2D eigenvalue weighted by Crippen LogP contribution is 2.48. The van der Waals surface area contributed by atoms with Crippen LogP contribution in [-0.4, -0.2) is 49.6 Å². The van der Waals surface area contributed by atoms with Crippen molar-refractivity contribution >= 4 is 33.5 Å². The molecular formula is C23H18F4N6O3. The SMILES string of the molecule is Cn1ncc2c(N)nc3cnc(C(=O)N4CCC[C@@H]5Oc6c(ccc(OC(F)(F)F)c6F)[C@@H]54)cc3c21. The maximum atomic E-state index is 14.9. The van der Waals surface area contributed by atoms with Crippen molar-refractivity contribution in [2.75, 3.05) is 12.3 Å². The van der Waals surface area contributed by atoms with E-state index in [0.29, 0.717) is 47.0 Å². The number of halogens is 4. The van der Waals surface area contributed by atoms with Gasteiger partial charge in [0.2, 0.25) is 5.82 Å². The molecule has 2 aliphatic rings. The van der Waals surface area contributed by atoms with Gasteiger partial charge in [-0.05, 0) is 31.0 Å². The van der Waals surface area contributed by atoms with Gasteiger partial charge in [-0.25, -0.2) is 9.97 Å². The zero-order chi connectivity index (χ0) is 25.4. The number of fused-ring (bicyclic) bond motifs is 6. The van der Waals surface area contributed by atoms with Crippen molar-refractivity contribution in [3.05, 3.63) is 47.7 Å².